The van der Waals surface area contributed by atoms with Gasteiger partial charge in [-0.05, 0) is 37.5 Å². The summed E-state index contributed by atoms with van der Waals surface area (Å²) < 4.78 is 0. The van der Waals surface area contributed by atoms with Crippen molar-refractivity contribution in [2.24, 2.45) is 5.92 Å². The molecule has 1 amide bonds. The molecule has 0 spiro atoms. The number of rotatable bonds is 5. The number of amides is 1. The van der Waals surface area contributed by atoms with Crippen LogP contribution in [0.4, 0.5) is 0 Å². The number of carbonyl (C=O) groups is 1. The third-order valence-corrected chi connectivity index (χ3v) is 3.16. The predicted octanol–water partition coefficient (Wildman–Crippen LogP) is 2.09. The van der Waals surface area contributed by atoms with Crippen molar-refractivity contribution in [2.45, 2.75) is 32.8 Å². The number of benzene rings is 1. The van der Waals surface area contributed by atoms with Crippen molar-refractivity contribution in [2.75, 3.05) is 6.54 Å². The molecule has 0 aliphatic rings. The van der Waals surface area contributed by atoms with Crippen LogP contribution in [0.15, 0.2) is 24.5 Å². The molecule has 1 aromatic carbocycles. The van der Waals surface area contributed by atoms with Gasteiger partial charge in [-0.3, -0.25) is 4.79 Å². The number of nitrogens with one attached hydrogen (secondary N) is 2. The molecule has 5 heteroatoms. The molecule has 0 fully saturated rings. The first-order chi connectivity index (χ1) is 9.37. The molecule has 0 bridgehead atoms. The number of carbonyl (C=O) groups excluding carboxylic acids is 1. The van der Waals surface area contributed by atoms with Crippen molar-refractivity contribution in [3.05, 3.63) is 30.1 Å². The SMILES string of the molecule is CC(C)CC(C)(O)CNC(=O)c1ccc2nc[nH]c2c1. The first-order valence-electron chi connectivity index (χ1n) is 6.81. The molecule has 1 atom stereocenters. The number of aromatic amines is 1. The van der Waals surface area contributed by atoms with Crippen LogP contribution in [0.1, 0.15) is 37.6 Å². The van der Waals surface area contributed by atoms with Crippen LogP contribution >= 0.6 is 0 Å². The van der Waals surface area contributed by atoms with Gasteiger partial charge in [-0.15, -0.1) is 0 Å². The molecule has 0 aliphatic heterocycles. The molecule has 1 heterocycles. The van der Waals surface area contributed by atoms with Gasteiger partial charge in [0.25, 0.3) is 5.91 Å². The molecule has 20 heavy (non-hydrogen) atoms. The van der Waals surface area contributed by atoms with Gasteiger partial charge >= 0.3 is 0 Å². The molecule has 1 aromatic heterocycles. The lowest BCUT2D eigenvalue weighted by molar-refractivity contribution is 0.0368. The van der Waals surface area contributed by atoms with E-state index in [-0.39, 0.29) is 12.5 Å². The van der Waals surface area contributed by atoms with Gasteiger partial charge in [0, 0.05) is 12.1 Å². The van der Waals surface area contributed by atoms with Crippen LogP contribution in [0, 0.1) is 5.92 Å². The zero-order valence-corrected chi connectivity index (χ0v) is 12.1. The van der Waals surface area contributed by atoms with E-state index >= 15 is 0 Å². The summed E-state index contributed by atoms with van der Waals surface area (Å²) in [4.78, 5) is 19.2. The number of hydrogen-bond acceptors (Lipinski definition) is 3. The monoisotopic (exact) mass is 275 g/mol. The van der Waals surface area contributed by atoms with Crippen molar-refractivity contribution in [1.29, 1.82) is 0 Å². The van der Waals surface area contributed by atoms with Gasteiger partial charge in [-0.1, -0.05) is 13.8 Å². The van der Waals surface area contributed by atoms with Crippen molar-refractivity contribution in [1.82, 2.24) is 15.3 Å². The van der Waals surface area contributed by atoms with Gasteiger partial charge in [0.15, 0.2) is 0 Å². The van der Waals surface area contributed by atoms with Crippen LogP contribution in [0.25, 0.3) is 11.0 Å². The minimum absolute atomic E-state index is 0.189. The average Bonchev–Trinajstić information content (AvgIpc) is 2.81. The van der Waals surface area contributed by atoms with E-state index in [1.165, 1.54) is 0 Å². The first kappa shape index (κ1) is 14.5. The first-order valence-corrected chi connectivity index (χ1v) is 6.81. The Morgan fingerprint density at radius 2 is 2.25 bits per heavy atom. The van der Waals surface area contributed by atoms with Crippen LogP contribution in [0.3, 0.4) is 0 Å². The number of imidazole rings is 1. The Labute approximate surface area is 118 Å². The molecule has 0 radical (unpaired) electrons. The number of aromatic nitrogens is 2. The minimum atomic E-state index is -0.887. The number of aliphatic hydroxyl groups is 1. The highest BCUT2D eigenvalue weighted by Gasteiger charge is 2.22. The number of fused-ring (bicyclic) bond motifs is 1. The second kappa shape index (κ2) is 5.63. The fraction of sp³-hybridized carbons (Fsp3) is 0.467. The molecule has 0 aliphatic carbocycles. The van der Waals surface area contributed by atoms with Crippen LogP contribution in [0.5, 0.6) is 0 Å². The summed E-state index contributed by atoms with van der Waals surface area (Å²) in [7, 11) is 0. The molecule has 2 rings (SSSR count). The Hall–Kier alpha value is -1.88. The fourth-order valence-electron chi connectivity index (χ4n) is 2.40. The summed E-state index contributed by atoms with van der Waals surface area (Å²) in [5.41, 5.74) is 1.32. The standard InChI is InChI=1S/C15H21N3O2/c1-10(2)7-15(3,20)8-16-14(19)11-4-5-12-13(6-11)18-9-17-12/h4-6,9-10,20H,7-8H2,1-3H3,(H,16,19)(H,17,18). The largest absolute Gasteiger partial charge is 0.388 e. The van der Waals surface area contributed by atoms with Crippen molar-refractivity contribution in [3.8, 4) is 0 Å². The second-order valence-corrected chi connectivity index (χ2v) is 5.91. The Kier molecular flexibility index (Phi) is 4.09. The zero-order chi connectivity index (χ0) is 14.8. The number of nitrogens with zero attached hydrogens (tertiary/aromatic N) is 1. The van der Waals surface area contributed by atoms with Crippen LogP contribution in [-0.2, 0) is 0 Å². The molecule has 3 N–H and O–H groups in total. The van der Waals surface area contributed by atoms with E-state index in [9.17, 15) is 9.90 Å². The van der Waals surface area contributed by atoms with Crippen molar-refractivity contribution >= 4 is 16.9 Å². The van der Waals surface area contributed by atoms with Crippen LogP contribution in [0.2, 0.25) is 0 Å². The Morgan fingerprint density at radius 1 is 1.50 bits per heavy atom. The molecule has 1 unspecified atom stereocenters. The summed E-state index contributed by atoms with van der Waals surface area (Å²) >= 11 is 0. The third-order valence-electron chi connectivity index (χ3n) is 3.16. The molecular weight excluding hydrogens is 254 g/mol. The second-order valence-electron chi connectivity index (χ2n) is 5.91. The van der Waals surface area contributed by atoms with E-state index < -0.39 is 5.60 Å². The molecule has 108 valence electrons. The smallest absolute Gasteiger partial charge is 0.251 e. The number of hydrogen-bond donors (Lipinski definition) is 3. The number of H-pyrrole nitrogens is 1. The fourth-order valence-corrected chi connectivity index (χ4v) is 2.40. The molecule has 0 saturated carbocycles. The lowest BCUT2D eigenvalue weighted by atomic mass is 9.94. The summed E-state index contributed by atoms with van der Waals surface area (Å²) in [6.07, 6.45) is 2.24. The van der Waals surface area contributed by atoms with Crippen molar-refractivity contribution in [3.63, 3.8) is 0 Å². The molecule has 5 nitrogen and oxygen atoms in total. The van der Waals surface area contributed by atoms with E-state index in [1.807, 2.05) is 13.8 Å². The van der Waals surface area contributed by atoms with E-state index in [0.29, 0.717) is 17.9 Å². The average molecular weight is 275 g/mol. The van der Waals surface area contributed by atoms with Gasteiger partial charge < -0.3 is 15.4 Å². The predicted molar refractivity (Wildman–Crippen MR) is 78.5 cm³/mol. The normalized spacial score (nSPS) is 14.4. The maximum absolute atomic E-state index is 12.1. The van der Waals surface area contributed by atoms with Crippen LogP contribution < -0.4 is 5.32 Å². The summed E-state index contributed by atoms with van der Waals surface area (Å²) in [6.45, 7) is 6.07. The van der Waals surface area contributed by atoms with Crippen LogP contribution in [-0.4, -0.2) is 33.1 Å². The highest BCUT2D eigenvalue weighted by atomic mass is 16.3. The third kappa shape index (κ3) is 3.57. The maximum atomic E-state index is 12.1. The van der Waals surface area contributed by atoms with E-state index in [2.05, 4.69) is 15.3 Å². The summed E-state index contributed by atoms with van der Waals surface area (Å²) in [5.74, 6) is 0.189. The Bertz CT molecular complexity index is 602. The Morgan fingerprint density at radius 3 is 2.95 bits per heavy atom. The van der Waals surface area contributed by atoms with E-state index in [0.717, 1.165) is 11.0 Å². The van der Waals surface area contributed by atoms with Gasteiger partial charge in [-0.2, -0.15) is 0 Å². The maximum Gasteiger partial charge on any atom is 0.251 e. The van der Waals surface area contributed by atoms with Gasteiger partial charge in [-0.25, -0.2) is 4.98 Å². The lowest BCUT2D eigenvalue weighted by Gasteiger charge is -2.25. The minimum Gasteiger partial charge on any atom is -0.388 e. The molecule has 0 saturated heterocycles. The summed E-state index contributed by atoms with van der Waals surface area (Å²) in [5, 5.41) is 13.0. The van der Waals surface area contributed by atoms with Gasteiger partial charge in [0.1, 0.15) is 0 Å². The highest BCUT2D eigenvalue weighted by molar-refractivity contribution is 5.97. The zero-order valence-electron chi connectivity index (χ0n) is 12.1. The van der Waals surface area contributed by atoms with E-state index in [1.54, 1.807) is 31.5 Å². The quantitative estimate of drug-likeness (QED) is 0.782. The molecule has 2 aromatic rings. The van der Waals surface area contributed by atoms with Gasteiger partial charge in [0.05, 0.1) is 23.0 Å². The Balaban J connectivity index is 2.01. The topological polar surface area (TPSA) is 78.0 Å². The summed E-state index contributed by atoms with van der Waals surface area (Å²) in [6, 6.07) is 5.29. The molecular formula is C15H21N3O2. The van der Waals surface area contributed by atoms with Gasteiger partial charge in [0.2, 0.25) is 0 Å². The van der Waals surface area contributed by atoms with Crippen molar-refractivity contribution < 1.29 is 9.90 Å². The van der Waals surface area contributed by atoms with E-state index in [4.69, 9.17) is 0 Å². The lowest BCUT2D eigenvalue weighted by Crippen LogP contribution is -2.41. The highest BCUT2D eigenvalue weighted by Crippen LogP contribution is 2.16.